The Morgan fingerprint density at radius 2 is 0.872 bits per heavy atom. The molecular weight excluding hydrogens is 472 g/mol. The number of benzene rings is 5. The summed E-state index contributed by atoms with van der Waals surface area (Å²) in [7, 11) is 0. The fourth-order valence-corrected chi connectivity index (χ4v) is 6.21. The molecule has 0 atom stereocenters. The molecule has 5 aromatic carbocycles. The lowest BCUT2D eigenvalue weighted by Crippen LogP contribution is -2.15. The molecule has 0 fully saturated rings. The lowest BCUT2D eigenvalue weighted by Gasteiger charge is -2.25. The van der Waals surface area contributed by atoms with Crippen molar-refractivity contribution in [3.05, 3.63) is 120 Å². The first-order valence-electron chi connectivity index (χ1n) is 13.5. The molecule has 0 unspecified atom stereocenters. The van der Waals surface area contributed by atoms with Gasteiger partial charge in [-0.2, -0.15) is 0 Å². The van der Waals surface area contributed by atoms with Crippen molar-refractivity contribution in [2.45, 2.75) is 47.5 Å². The monoisotopic (exact) mass is 508 g/mol. The van der Waals surface area contributed by atoms with Crippen LogP contribution in [0.1, 0.15) is 44.9 Å². The van der Waals surface area contributed by atoms with Gasteiger partial charge in [0.05, 0.1) is 22.1 Å². The number of aryl methyl sites for hydroxylation is 2. The first kappa shape index (κ1) is 25.0. The molecule has 39 heavy (non-hydrogen) atoms. The lowest BCUT2D eigenvalue weighted by molar-refractivity contribution is 0.597. The maximum absolute atomic E-state index is 2.49. The number of aromatic nitrogens is 2. The van der Waals surface area contributed by atoms with E-state index < -0.39 is 0 Å². The third-order valence-corrected chi connectivity index (χ3v) is 7.92. The van der Waals surface area contributed by atoms with E-state index in [-0.39, 0.29) is 12.8 Å². The molecule has 7 aromatic rings. The predicted octanol–water partition coefficient (Wildman–Crippen LogP) is 10.4. The summed E-state index contributed by atoms with van der Waals surface area (Å²) in [5.74, 6) is 0. The number of nitrogens with zero attached hydrogens (tertiary/aromatic N) is 2. The summed E-state index contributed by atoms with van der Waals surface area (Å²) in [5, 5.41) is 5.21. The molecule has 0 radical (unpaired) electrons. The van der Waals surface area contributed by atoms with Crippen molar-refractivity contribution in [2.24, 2.45) is 0 Å². The average molecular weight is 509 g/mol. The van der Waals surface area contributed by atoms with Gasteiger partial charge < -0.3 is 9.13 Å². The molecule has 0 bridgehead atoms. The first-order chi connectivity index (χ1) is 18.3. The maximum atomic E-state index is 2.49. The molecule has 0 spiro atoms. The van der Waals surface area contributed by atoms with Crippen LogP contribution in [0, 0.1) is 13.8 Å². The molecule has 0 saturated carbocycles. The Hall–Kier alpha value is -4.30. The van der Waals surface area contributed by atoms with E-state index in [0.717, 1.165) is 0 Å². The summed E-state index contributed by atoms with van der Waals surface area (Å²) >= 11 is 0. The van der Waals surface area contributed by atoms with Crippen LogP contribution < -0.4 is 0 Å². The number of hydrogen-bond acceptors (Lipinski definition) is 0. The highest BCUT2D eigenvalue weighted by Crippen LogP contribution is 2.46. The van der Waals surface area contributed by atoms with Gasteiger partial charge in [0, 0.05) is 38.5 Å². The second-order valence-corrected chi connectivity index (χ2v) is 11.7. The topological polar surface area (TPSA) is 9.86 Å². The van der Waals surface area contributed by atoms with E-state index >= 15 is 0 Å². The maximum Gasteiger partial charge on any atom is 0.0599 e. The van der Waals surface area contributed by atoms with Crippen molar-refractivity contribution in [1.82, 2.24) is 9.13 Å². The highest BCUT2D eigenvalue weighted by molar-refractivity contribution is 6.21. The van der Waals surface area contributed by atoms with Crippen LogP contribution in [-0.2, 0) is 5.41 Å². The van der Waals surface area contributed by atoms with Crippen LogP contribution in [0.3, 0.4) is 0 Å². The summed E-state index contributed by atoms with van der Waals surface area (Å²) in [6.07, 6.45) is 0. The van der Waals surface area contributed by atoms with E-state index in [1.165, 1.54) is 71.7 Å². The van der Waals surface area contributed by atoms with Crippen LogP contribution in [0.4, 0.5) is 0 Å². The normalized spacial score (nSPS) is 12.0. The molecule has 2 heterocycles. The predicted molar refractivity (Wildman–Crippen MR) is 170 cm³/mol. The van der Waals surface area contributed by atoms with Gasteiger partial charge in [-0.15, -0.1) is 0 Å². The highest BCUT2D eigenvalue weighted by atomic mass is 15.0. The Morgan fingerprint density at radius 3 is 1.26 bits per heavy atom. The molecule has 7 rings (SSSR count). The first-order valence-corrected chi connectivity index (χ1v) is 13.5. The van der Waals surface area contributed by atoms with Crippen molar-refractivity contribution < 1.29 is 0 Å². The van der Waals surface area contributed by atoms with E-state index in [1.54, 1.807) is 0 Å². The summed E-state index contributed by atoms with van der Waals surface area (Å²) in [4.78, 5) is 0. The van der Waals surface area contributed by atoms with Crippen LogP contribution in [0.5, 0.6) is 0 Å². The van der Waals surface area contributed by atoms with Gasteiger partial charge in [0.1, 0.15) is 0 Å². The van der Waals surface area contributed by atoms with Crippen molar-refractivity contribution in [2.75, 3.05) is 0 Å². The minimum absolute atomic E-state index is 0. The van der Waals surface area contributed by atoms with Gasteiger partial charge >= 0.3 is 0 Å². The summed E-state index contributed by atoms with van der Waals surface area (Å²) in [6.45, 7) is 11.4. The third-order valence-electron chi connectivity index (χ3n) is 7.92. The number of fused-ring (bicyclic) bond motifs is 6. The molecule has 2 heteroatoms. The van der Waals surface area contributed by atoms with Gasteiger partial charge in [-0.25, -0.2) is 0 Å². The molecule has 0 saturated heterocycles. The molecule has 2 aromatic heterocycles. The third kappa shape index (κ3) is 3.70. The van der Waals surface area contributed by atoms with E-state index in [2.05, 4.69) is 147 Å². The lowest BCUT2D eigenvalue weighted by atomic mass is 9.83. The van der Waals surface area contributed by atoms with Crippen LogP contribution in [0.15, 0.2) is 103 Å². The molecular formula is C37H36N2. The zero-order chi connectivity index (χ0) is 26.2. The Labute approximate surface area is 231 Å². The summed E-state index contributed by atoms with van der Waals surface area (Å²) < 4.78 is 4.97. The average Bonchev–Trinajstić information content (AvgIpc) is 3.41. The largest absolute Gasteiger partial charge is 0.309 e. The van der Waals surface area contributed by atoms with Gasteiger partial charge in [-0.3, -0.25) is 0 Å². The molecule has 0 aliphatic rings. The Morgan fingerprint density at radius 1 is 0.487 bits per heavy atom. The van der Waals surface area contributed by atoms with Crippen molar-refractivity contribution in [3.63, 3.8) is 0 Å². The smallest absolute Gasteiger partial charge is 0.0599 e. The molecule has 0 aliphatic carbocycles. The SMILES string of the molecule is C.Cc1ccc(-n2c3ccccc3c3cc4c5ccccc5n(-c5ccc(C)cc5)c4c(C(C)(C)C)c32)cc1. The number of hydrogen-bond donors (Lipinski definition) is 0. The van der Waals surface area contributed by atoms with Crippen LogP contribution in [0.25, 0.3) is 55.0 Å². The van der Waals surface area contributed by atoms with Gasteiger partial charge in [-0.1, -0.05) is 100.0 Å². The van der Waals surface area contributed by atoms with Crippen LogP contribution in [-0.4, -0.2) is 9.13 Å². The quantitative estimate of drug-likeness (QED) is 0.220. The molecule has 0 aliphatic heterocycles. The van der Waals surface area contributed by atoms with Crippen LogP contribution >= 0.6 is 0 Å². The Balaban J connectivity index is 0.00000277. The Bertz CT molecular complexity index is 1850. The van der Waals surface area contributed by atoms with Gasteiger partial charge in [0.25, 0.3) is 0 Å². The minimum Gasteiger partial charge on any atom is -0.309 e. The molecule has 2 nitrogen and oxygen atoms in total. The fourth-order valence-electron chi connectivity index (χ4n) is 6.21. The zero-order valence-electron chi connectivity index (χ0n) is 22.7. The van der Waals surface area contributed by atoms with E-state index in [9.17, 15) is 0 Å². The van der Waals surface area contributed by atoms with E-state index in [4.69, 9.17) is 0 Å². The van der Waals surface area contributed by atoms with Gasteiger partial charge in [-0.05, 0) is 61.7 Å². The second-order valence-electron chi connectivity index (χ2n) is 11.7. The van der Waals surface area contributed by atoms with Crippen molar-refractivity contribution in [1.29, 1.82) is 0 Å². The minimum atomic E-state index is -0.106. The number of para-hydroxylation sites is 2. The Kier molecular flexibility index (Phi) is 5.69. The van der Waals surface area contributed by atoms with Crippen LogP contribution in [0.2, 0.25) is 0 Å². The molecule has 194 valence electrons. The highest BCUT2D eigenvalue weighted by Gasteiger charge is 2.29. The van der Waals surface area contributed by atoms with E-state index in [0.29, 0.717) is 0 Å². The zero-order valence-corrected chi connectivity index (χ0v) is 22.7. The molecule has 0 N–H and O–H groups in total. The summed E-state index contributed by atoms with van der Waals surface area (Å²) in [5.41, 5.74) is 11.3. The van der Waals surface area contributed by atoms with Crippen molar-refractivity contribution in [3.8, 4) is 11.4 Å². The standard InChI is InChI=1S/C36H32N2.CH4/c1-23-14-18-25(19-15-23)37-31-12-8-6-10-27(31)29-22-30-28-11-7-9-13-32(28)38(26-20-16-24(2)17-21-26)35(30)33(34(29)37)36(3,4)5;/h6-22H,1-5H3;1H4. The number of rotatable bonds is 2. The molecule has 0 amide bonds. The van der Waals surface area contributed by atoms with Crippen molar-refractivity contribution >= 4 is 43.6 Å². The van der Waals surface area contributed by atoms with E-state index in [1.807, 2.05) is 0 Å². The second kappa shape index (κ2) is 8.88. The summed E-state index contributed by atoms with van der Waals surface area (Å²) in [6, 6.07) is 38.1. The van der Waals surface area contributed by atoms with Gasteiger partial charge in [0.15, 0.2) is 0 Å². The fraction of sp³-hybridized carbons (Fsp3) is 0.189. The van der Waals surface area contributed by atoms with Gasteiger partial charge in [0.2, 0.25) is 0 Å².